The summed E-state index contributed by atoms with van der Waals surface area (Å²) in [6, 6.07) is 10.4. The van der Waals surface area contributed by atoms with Gasteiger partial charge in [-0.3, -0.25) is 14.9 Å². The Balaban J connectivity index is 2.37. The van der Waals surface area contributed by atoms with E-state index in [0.29, 0.717) is 16.7 Å². The molecule has 0 spiro atoms. The van der Waals surface area contributed by atoms with Gasteiger partial charge >= 0.3 is 5.69 Å². The van der Waals surface area contributed by atoms with E-state index in [0.717, 1.165) is 0 Å². The molecular formula is C14H9Cl2NO4. The molecule has 0 aromatic heterocycles. The van der Waals surface area contributed by atoms with Crippen molar-refractivity contribution in [1.29, 1.82) is 0 Å². The Hall–Kier alpha value is -2.11. The number of ketones is 1. The van der Waals surface area contributed by atoms with Gasteiger partial charge in [0.2, 0.25) is 0 Å². The fraction of sp³-hybridized carbons (Fsp3) is 0.0714. The maximum absolute atomic E-state index is 11.6. The number of phenols is 1. The first-order chi connectivity index (χ1) is 9.90. The number of alkyl halides is 2. The molecule has 0 atom stereocenters. The number of benzene rings is 2. The van der Waals surface area contributed by atoms with Gasteiger partial charge in [0.25, 0.3) is 0 Å². The van der Waals surface area contributed by atoms with Crippen molar-refractivity contribution in [3.63, 3.8) is 0 Å². The average molecular weight is 326 g/mol. The lowest BCUT2D eigenvalue weighted by Crippen LogP contribution is -2.07. The molecule has 0 radical (unpaired) electrons. The molecule has 0 saturated carbocycles. The number of rotatable bonds is 4. The van der Waals surface area contributed by atoms with E-state index in [1.807, 2.05) is 0 Å². The molecule has 2 aromatic carbocycles. The van der Waals surface area contributed by atoms with E-state index in [9.17, 15) is 20.0 Å². The maximum atomic E-state index is 11.6. The van der Waals surface area contributed by atoms with E-state index < -0.39 is 21.3 Å². The fourth-order valence-corrected chi connectivity index (χ4v) is 2.05. The number of carbonyl (C=O) groups is 1. The van der Waals surface area contributed by atoms with Crippen LogP contribution in [0, 0.1) is 10.1 Å². The van der Waals surface area contributed by atoms with Crippen LogP contribution in [0.3, 0.4) is 0 Å². The van der Waals surface area contributed by atoms with Gasteiger partial charge in [-0.1, -0.05) is 53.5 Å². The highest BCUT2D eigenvalue weighted by Crippen LogP contribution is 2.31. The Labute approximate surface area is 129 Å². The monoisotopic (exact) mass is 325 g/mol. The van der Waals surface area contributed by atoms with Gasteiger partial charge in [0.05, 0.1) is 4.92 Å². The first kappa shape index (κ1) is 15.3. The third-order valence-electron chi connectivity index (χ3n) is 2.87. The molecule has 0 saturated heterocycles. The minimum absolute atomic E-state index is 0.349. The highest BCUT2D eigenvalue weighted by atomic mass is 35.5. The lowest BCUT2D eigenvalue weighted by atomic mass is 10.0. The van der Waals surface area contributed by atoms with Crippen LogP contribution in [0.1, 0.15) is 10.4 Å². The second-order valence-electron chi connectivity index (χ2n) is 4.20. The molecule has 0 amide bonds. The summed E-state index contributed by atoms with van der Waals surface area (Å²) in [6.07, 6.45) is 0. The van der Waals surface area contributed by atoms with Gasteiger partial charge < -0.3 is 5.11 Å². The van der Waals surface area contributed by atoms with E-state index in [1.165, 1.54) is 24.3 Å². The Morgan fingerprint density at radius 2 is 1.67 bits per heavy atom. The van der Waals surface area contributed by atoms with Crippen molar-refractivity contribution < 1.29 is 14.8 Å². The second-order valence-corrected chi connectivity index (χ2v) is 5.30. The van der Waals surface area contributed by atoms with Gasteiger partial charge in [-0.05, 0) is 17.2 Å². The summed E-state index contributed by atoms with van der Waals surface area (Å²) in [4.78, 5) is 20.6. The van der Waals surface area contributed by atoms with Crippen molar-refractivity contribution in [1.82, 2.24) is 0 Å². The van der Waals surface area contributed by atoms with Crippen molar-refractivity contribution in [3.05, 3.63) is 58.1 Å². The van der Waals surface area contributed by atoms with Crippen molar-refractivity contribution in [3.8, 4) is 16.9 Å². The van der Waals surface area contributed by atoms with Gasteiger partial charge in [0.1, 0.15) is 0 Å². The Kier molecular flexibility index (Phi) is 4.45. The van der Waals surface area contributed by atoms with Crippen LogP contribution in [0.4, 0.5) is 5.69 Å². The smallest absolute Gasteiger partial charge is 0.311 e. The summed E-state index contributed by atoms with van der Waals surface area (Å²) >= 11 is 11.0. The molecular weight excluding hydrogens is 317 g/mol. The Bertz CT molecular complexity index is 699. The van der Waals surface area contributed by atoms with Gasteiger partial charge in [0.15, 0.2) is 16.4 Å². The van der Waals surface area contributed by atoms with Crippen molar-refractivity contribution in [2.75, 3.05) is 0 Å². The molecule has 0 fully saturated rings. The molecule has 0 aliphatic carbocycles. The van der Waals surface area contributed by atoms with Gasteiger partial charge in [-0.25, -0.2) is 0 Å². The standard InChI is InChI=1S/C14H9Cl2NO4/c15-14(16)13(19)9-3-1-8(2-4-9)10-5-6-12(18)11(7-10)17(20)21/h1-7,14,18H. The van der Waals surface area contributed by atoms with E-state index in [2.05, 4.69) is 0 Å². The molecule has 2 rings (SSSR count). The molecule has 5 nitrogen and oxygen atoms in total. The molecule has 0 unspecified atom stereocenters. The Morgan fingerprint density at radius 1 is 1.10 bits per heavy atom. The molecule has 0 heterocycles. The van der Waals surface area contributed by atoms with Crippen LogP contribution in [0.25, 0.3) is 11.1 Å². The lowest BCUT2D eigenvalue weighted by molar-refractivity contribution is -0.385. The second kappa shape index (κ2) is 6.11. The summed E-state index contributed by atoms with van der Waals surface area (Å²) in [5.41, 5.74) is 1.18. The van der Waals surface area contributed by atoms with Crippen LogP contribution in [0.15, 0.2) is 42.5 Å². The molecule has 0 aliphatic rings. The summed E-state index contributed by atoms with van der Waals surface area (Å²) in [5.74, 6) is -0.816. The maximum Gasteiger partial charge on any atom is 0.311 e. The first-order valence-electron chi connectivity index (χ1n) is 5.80. The van der Waals surface area contributed by atoms with E-state index in [-0.39, 0.29) is 5.69 Å². The normalized spacial score (nSPS) is 10.6. The molecule has 1 N–H and O–H groups in total. The molecule has 0 aliphatic heterocycles. The lowest BCUT2D eigenvalue weighted by Gasteiger charge is -2.05. The van der Waals surface area contributed by atoms with Crippen LogP contribution in [-0.4, -0.2) is 20.6 Å². The molecule has 7 heteroatoms. The van der Waals surface area contributed by atoms with Crippen LogP contribution in [0.5, 0.6) is 5.75 Å². The predicted octanol–water partition coefficient (Wildman–Crippen LogP) is 3.95. The average Bonchev–Trinajstić information content (AvgIpc) is 2.46. The van der Waals surface area contributed by atoms with Crippen molar-refractivity contribution in [2.45, 2.75) is 4.84 Å². The molecule has 0 bridgehead atoms. The number of halogens is 2. The molecule has 2 aromatic rings. The highest BCUT2D eigenvalue weighted by molar-refractivity contribution is 6.55. The van der Waals surface area contributed by atoms with Crippen LogP contribution in [0.2, 0.25) is 0 Å². The largest absolute Gasteiger partial charge is 0.502 e. The number of nitro benzene ring substituents is 1. The van der Waals surface area contributed by atoms with Gasteiger partial charge in [-0.2, -0.15) is 0 Å². The zero-order valence-corrected chi connectivity index (χ0v) is 12.0. The third-order valence-corrected chi connectivity index (χ3v) is 3.27. The first-order valence-corrected chi connectivity index (χ1v) is 6.67. The van der Waals surface area contributed by atoms with E-state index in [1.54, 1.807) is 18.2 Å². The number of hydrogen-bond acceptors (Lipinski definition) is 4. The predicted molar refractivity (Wildman–Crippen MR) is 80.0 cm³/mol. The molecule has 108 valence electrons. The quantitative estimate of drug-likeness (QED) is 0.399. The van der Waals surface area contributed by atoms with Gasteiger partial charge in [0, 0.05) is 11.6 Å². The number of phenolic OH excluding ortho intramolecular Hbond substituents is 1. The summed E-state index contributed by atoms with van der Waals surface area (Å²) in [5, 5.41) is 20.2. The highest BCUT2D eigenvalue weighted by Gasteiger charge is 2.16. The number of hydrogen-bond donors (Lipinski definition) is 1. The minimum atomic E-state index is -1.13. The number of aromatic hydroxyl groups is 1. The third kappa shape index (κ3) is 3.32. The Morgan fingerprint density at radius 3 is 2.19 bits per heavy atom. The van der Waals surface area contributed by atoms with Crippen LogP contribution < -0.4 is 0 Å². The number of nitrogens with zero attached hydrogens (tertiary/aromatic N) is 1. The van der Waals surface area contributed by atoms with Crippen LogP contribution in [-0.2, 0) is 0 Å². The SMILES string of the molecule is O=C(c1ccc(-c2ccc(O)c([N+](=O)[O-])c2)cc1)C(Cl)Cl. The number of nitro groups is 1. The summed E-state index contributed by atoms with van der Waals surface area (Å²) < 4.78 is 0. The molecule has 21 heavy (non-hydrogen) atoms. The summed E-state index contributed by atoms with van der Waals surface area (Å²) in [6.45, 7) is 0. The summed E-state index contributed by atoms with van der Waals surface area (Å²) in [7, 11) is 0. The zero-order valence-electron chi connectivity index (χ0n) is 10.5. The van der Waals surface area contributed by atoms with Gasteiger partial charge in [-0.15, -0.1) is 0 Å². The fourth-order valence-electron chi connectivity index (χ4n) is 1.80. The van der Waals surface area contributed by atoms with Crippen LogP contribution >= 0.6 is 23.2 Å². The topological polar surface area (TPSA) is 80.4 Å². The number of carbonyl (C=O) groups excluding carboxylic acids is 1. The van der Waals surface area contributed by atoms with E-state index >= 15 is 0 Å². The van der Waals surface area contributed by atoms with Crippen molar-refractivity contribution >= 4 is 34.7 Å². The zero-order chi connectivity index (χ0) is 15.6. The minimum Gasteiger partial charge on any atom is -0.502 e. The number of Topliss-reactive ketones (excluding diaryl/α,β-unsaturated/α-hetero) is 1. The van der Waals surface area contributed by atoms with Crippen molar-refractivity contribution in [2.24, 2.45) is 0 Å². The van der Waals surface area contributed by atoms with E-state index in [4.69, 9.17) is 23.2 Å².